The van der Waals surface area contributed by atoms with Crippen LogP contribution in [0.5, 0.6) is 0 Å². The molecule has 1 fully saturated rings. The zero-order chi connectivity index (χ0) is 22.7. The van der Waals surface area contributed by atoms with Crippen molar-refractivity contribution in [1.29, 1.82) is 5.26 Å². The average molecular weight is 430 g/mol. The van der Waals surface area contributed by atoms with Gasteiger partial charge in [0, 0.05) is 24.7 Å². The summed E-state index contributed by atoms with van der Waals surface area (Å²) in [6.07, 6.45) is 0.252. The number of anilines is 1. The number of hydrogen-bond acceptors (Lipinski definition) is 5. The molecule has 1 N–H and O–H groups in total. The summed E-state index contributed by atoms with van der Waals surface area (Å²) in [5.74, 6) is -1.42. The molecule has 2 atom stereocenters. The fourth-order valence-electron chi connectivity index (χ4n) is 3.83. The first-order chi connectivity index (χ1) is 15.5. The zero-order valence-corrected chi connectivity index (χ0v) is 17.5. The van der Waals surface area contributed by atoms with E-state index in [1.807, 2.05) is 36.4 Å². The van der Waals surface area contributed by atoms with Gasteiger partial charge in [0.2, 0.25) is 11.8 Å². The molecule has 0 aliphatic carbocycles. The summed E-state index contributed by atoms with van der Waals surface area (Å²) in [5, 5.41) is 13.1. The molecule has 2 heterocycles. The fraction of sp³-hybridized carbons (Fsp3) is 0.250. The van der Waals surface area contributed by atoms with E-state index < -0.39 is 23.8 Å². The second kappa shape index (κ2) is 8.94. The Morgan fingerprint density at radius 3 is 2.59 bits per heavy atom. The molecule has 2 aromatic carbocycles. The number of furan rings is 1. The quantitative estimate of drug-likeness (QED) is 0.670. The van der Waals surface area contributed by atoms with Gasteiger partial charge in [-0.2, -0.15) is 5.26 Å². The van der Waals surface area contributed by atoms with Crippen LogP contribution in [0.2, 0.25) is 0 Å². The van der Waals surface area contributed by atoms with Crippen molar-refractivity contribution in [3.63, 3.8) is 0 Å². The van der Waals surface area contributed by atoms with Gasteiger partial charge in [0.1, 0.15) is 11.6 Å². The van der Waals surface area contributed by atoms with Crippen LogP contribution in [-0.4, -0.2) is 53.7 Å². The van der Waals surface area contributed by atoms with Gasteiger partial charge in [0.15, 0.2) is 5.76 Å². The lowest BCUT2D eigenvalue weighted by molar-refractivity contribution is -0.131. The third-order valence-corrected chi connectivity index (χ3v) is 5.54. The summed E-state index contributed by atoms with van der Waals surface area (Å²) < 4.78 is 5.58. The van der Waals surface area contributed by atoms with Crippen molar-refractivity contribution < 1.29 is 18.8 Å². The summed E-state index contributed by atoms with van der Waals surface area (Å²) in [4.78, 5) is 40.8. The molecule has 1 aliphatic rings. The first-order valence-corrected chi connectivity index (χ1v) is 10.3. The molecule has 8 nitrogen and oxygen atoms in total. The van der Waals surface area contributed by atoms with Gasteiger partial charge < -0.3 is 19.5 Å². The molecular weight excluding hydrogens is 408 g/mol. The van der Waals surface area contributed by atoms with E-state index in [0.29, 0.717) is 11.3 Å². The predicted molar refractivity (Wildman–Crippen MR) is 117 cm³/mol. The molecular formula is C24H22N4O4. The molecule has 3 amide bonds. The Hall–Kier alpha value is -4.12. The third-order valence-electron chi connectivity index (χ3n) is 5.54. The number of nitrogens with one attached hydrogen (secondary N) is 1. The highest BCUT2D eigenvalue weighted by Crippen LogP contribution is 2.25. The monoisotopic (exact) mass is 430 g/mol. The topological polar surface area (TPSA) is 107 Å². The Morgan fingerprint density at radius 2 is 1.88 bits per heavy atom. The summed E-state index contributed by atoms with van der Waals surface area (Å²) >= 11 is 0. The maximum absolute atomic E-state index is 12.9. The van der Waals surface area contributed by atoms with Crippen LogP contribution in [0.25, 0.3) is 11.0 Å². The number of carbonyl (C=O) groups is 3. The molecule has 162 valence electrons. The number of likely N-dealkylation sites (tertiary alicyclic amines) is 1. The highest BCUT2D eigenvalue weighted by molar-refractivity contribution is 5.98. The smallest absolute Gasteiger partial charge is 0.289 e. The van der Waals surface area contributed by atoms with E-state index in [2.05, 4.69) is 11.4 Å². The lowest BCUT2D eigenvalue weighted by Crippen LogP contribution is -2.43. The number of para-hydroxylation sites is 2. The van der Waals surface area contributed by atoms with E-state index in [0.717, 1.165) is 5.39 Å². The summed E-state index contributed by atoms with van der Waals surface area (Å²) in [7, 11) is 1.50. The van der Waals surface area contributed by atoms with E-state index >= 15 is 0 Å². The van der Waals surface area contributed by atoms with E-state index in [9.17, 15) is 19.6 Å². The number of rotatable bonds is 5. The van der Waals surface area contributed by atoms with Crippen LogP contribution in [0.3, 0.4) is 0 Å². The van der Waals surface area contributed by atoms with Crippen LogP contribution in [-0.2, 0) is 9.59 Å². The molecule has 8 heteroatoms. The van der Waals surface area contributed by atoms with Gasteiger partial charge in [0.05, 0.1) is 18.5 Å². The van der Waals surface area contributed by atoms with Crippen LogP contribution in [0, 0.1) is 17.2 Å². The van der Waals surface area contributed by atoms with Gasteiger partial charge in [-0.1, -0.05) is 36.4 Å². The first-order valence-electron chi connectivity index (χ1n) is 10.3. The SMILES string of the molecule is CN(CC(=O)N1CC(C(=O)Nc2ccccc2)CC1C#N)C(=O)c1cc2ccccc2o1. The molecule has 32 heavy (non-hydrogen) atoms. The number of carbonyl (C=O) groups excluding carboxylic acids is 3. The van der Waals surface area contributed by atoms with Gasteiger partial charge in [-0.05, 0) is 30.7 Å². The van der Waals surface area contributed by atoms with E-state index in [1.54, 1.807) is 24.3 Å². The van der Waals surface area contributed by atoms with Crippen molar-refractivity contribution in [3.05, 3.63) is 66.4 Å². The highest BCUT2D eigenvalue weighted by Gasteiger charge is 2.39. The number of hydrogen-bond donors (Lipinski definition) is 1. The molecule has 0 saturated carbocycles. The number of benzene rings is 2. The van der Waals surface area contributed by atoms with Crippen molar-refractivity contribution in [2.75, 3.05) is 25.5 Å². The van der Waals surface area contributed by atoms with Crippen LogP contribution in [0.4, 0.5) is 5.69 Å². The van der Waals surface area contributed by atoms with Gasteiger partial charge in [0.25, 0.3) is 5.91 Å². The molecule has 1 aromatic heterocycles. The molecule has 4 rings (SSSR count). The molecule has 0 radical (unpaired) electrons. The second-order valence-electron chi connectivity index (χ2n) is 7.79. The van der Waals surface area contributed by atoms with Crippen molar-refractivity contribution in [2.45, 2.75) is 12.5 Å². The van der Waals surface area contributed by atoms with Crippen LogP contribution in [0.15, 0.2) is 65.1 Å². The maximum Gasteiger partial charge on any atom is 0.289 e. The lowest BCUT2D eigenvalue weighted by Gasteiger charge is -2.23. The molecule has 3 aromatic rings. The molecule has 0 spiro atoms. The molecule has 1 aliphatic heterocycles. The maximum atomic E-state index is 12.9. The Balaban J connectivity index is 1.39. The fourth-order valence-corrected chi connectivity index (χ4v) is 3.83. The lowest BCUT2D eigenvalue weighted by atomic mass is 10.1. The number of nitriles is 1. The second-order valence-corrected chi connectivity index (χ2v) is 7.79. The van der Waals surface area contributed by atoms with Crippen molar-refractivity contribution >= 4 is 34.4 Å². The first kappa shape index (κ1) is 21.1. The molecule has 2 unspecified atom stereocenters. The third kappa shape index (κ3) is 4.32. The van der Waals surface area contributed by atoms with Crippen molar-refractivity contribution in [1.82, 2.24) is 9.80 Å². The molecule has 1 saturated heterocycles. The Morgan fingerprint density at radius 1 is 1.16 bits per heavy atom. The Kier molecular flexibility index (Phi) is 5.90. The summed E-state index contributed by atoms with van der Waals surface area (Å²) in [6.45, 7) is -0.0938. The minimum absolute atomic E-state index is 0.127. The van der Waals surface area contributed by atoms with Crippen molar-refractivity contribution in [3.8, 4) is 6.07 Å². The number of likely N-dealkylation sites (N-methyl/N-ethyl adjacent to an activating group) is 1. The van der Waals surface area contributed by atoms with Crippen LogP contribution >= 0.6 is 0 Å². The number of fused-ring (bicyclic) bond motifs is 1. The van der Waals surface area contributed by atoms with Crippen LogP contribution in [0.1, 0.15) is 17.0 Å². The summed E-state index contributed by atoms with van der Waals surface area (Å²) in [5.41, 5.74) is 1.25. The van der Waals surface area contributed by atoms with Gasteiger partial charge in [-0.15, -0.1) is 0 Å². The van der Waals surface area contributed by atoms with Crippen LogP contribution < -0.4 is 5.32 Å². The Bertz CT molecular complexity index is 1160. The zero-order valence-electron chi connectivity index (χ0n) is 17.5. The number of amides is 3. The summed E-state index contributed by atoms with van der Waals surface area (Å²) in [6, 6.07) is 19.3. The van der Waals surface area contributed by atoms with Gasteiger partial charge >= 0.3 is 0 Å². The Labute approximate surface area is 185 Å². The number of nitrogens with zero attached hydrogens (tertiary/aromatic N) is 3. The standard InChI is InChI=1S/C24H22N4O4/c1-27(24(31)21-12-16-7-5-6-10-20(16)32-21)15-22(29)28-14-17(11-19(28)13-25)23(30)26-18-8-3-2-4-9-18/h2-10,12,17,19H,11,14-15H2,1H3,(H,26,30). The minimum Gasteiger partial charge on any atom is -0.451 e. The normalized spacial score (nSPS) is 17.7. The van der Waals surface area contributed by atoms with E-state index in [1.165, 1.54) is 16.8 Å². The highest BCUT2D eigenvalue weighted by atomic mass is 16.3. The van der Waals surface area contributed by atoms with E-state index in [-0.39, 0.29) is 31.2 Å². The van der Waals surface area contributed by atoms with Crippen molar-refractivity contribution in [2.24, 2.45) is 5.92 Å². The van der Waals surface area contributed by atoms with Gasteiger partial charge in [-0.25, -0.2) is 0 Å². The predicted octanol–water partition coefficient (Wildman–Crippen LogP) is 2.88. The van der Waals surface area contributed by atoms with E-state index in [4.69, 9.17) is 4.42 Å². The average Bonchev–Trinajstić information content (AvgIpc) is 3.43. The molecule has 0 bridgehead atoms. The largest absolute Gasteiger partial charge is 0.451 e. The minimum atomic E-state index is -0.719. The van der Waals surface area contributed by atoms with Gasteiger partial charge in [-0.3, -0.25) is 14.4 Å².